The van der Waals surface area contributed by atoms with Crippen LogP contribution in [0.5, 0.6) is 5.75 Å². The molecular weight excluding hydrogens is 288 g/mol. The first-order chi connectivity index (χ1) is 11.1. The molecule has 1 heterocycles. The molecule has 1 aliphatic rings. The zero-order valence-electron chi connectivity index (χ0n) is 14.8. The normalized spacial score (nSPS) is 17.3. The summed E-state index contributed by atoms with van der Waals surface area (Å²) in [5.74, 6) is 1.76. The highest BCUT2D eigenvalue weighted by Crippen LogP contribution is 2.13. The Balaban J connectivity index is 1.77. The minimum absolute atomic E-state index is 0.507. The van der Waals surface area contributed by atoms with Gasteiger partial charge in [-0.25, -0.2) is 0 Å². The number of hydrogen-bond acceptors (Lipinski definition) is 3. The second-order valence-corrected chi connectivity index (χ2v) is 6.32. The van der Waals surface area contributed by atoms with Crippen molar-refractivity contribution in [2.45, 2.75) is 45.3 Å². The second kappa shape index (κ2) is 8.77. The minimum Gasteiger partial charge on any atom is -0.497 e. The predicted molar refractivity (Wildman–Crippen MR) is 96.1 cm³/mol. The fourth-order valence-electron chi connectivity index (χ4n) is 2.88. The van der Waals surface area contributed by atoms with Crippen LogP contribution >= 0.6 is 0 Å². The Morgan fingerprint density at radius 3 is 2.43 bits per heavy atom. The molecule has 0 radical (unpaired) electrons. The molecule has 0 spiro atoms. The van der Waals surface area contributed by atoms with E-state index in [1.54, 1.807) is 7.11 Å². The number of guanidine groups is 1. The molecule has 0 unspecified atom stereocenters. The molecule has 5 heteroatoms. The van der Waals surface area contributed by atoms with Gasteiger partial charge < -0.3 is 20.3 Å². The van der Waals surface area contributed by atoms with Gasteiger partial charge in [0.2, 0.25) is 0 Å². The Labute approximate surface area is 140 Å². The fraction of sp³-hybridized carbons (Fsp3) is 0.611. The number of piperidine rings is 1. The Kier molecular flexibility index (Phi) is 6.71. The average molecular weight is 318 g/mol. The van der Waals surface area contributed by atoms with Crippen molar-refractivity contribution in [1.82, 2.24) is 15.5 Å². The molecule has 0 bridgehead atoms. The topological polar surface area (TPSA) is 48.9 Å². The van der Waals surface area contributed by atoms with Crippen LogP contribution in [-0.2, 0) is 6.54 Å². The van der Waals surface area contributed by atoms with Crippen LogP contribution in [0.2, 0.25) is 0 Å². The summed E-state index contributed by atoms with van der Waals surface area (Å²) in [6.45, 7) is 7.61. The van der Waals surface area contributed by atoms with Gasteiger partial charge in [0.1, 0.15) is 5.75 Å². The van der Waals surface area contributed by atoms with Crippen molar-refractivity contribution in [2.75, 3.05) is 27.2 Å². The summed E-state index contributed by atoms with van der Waals surface area (Å²) < 4.78 is 5.18. The summed E-state index contributed by atoms with van der Waals surface area (Å²) in [5, 5.41) is 6.93. The van der Waals surface area contributed by atoms with E-state index >= 15 is 0 Å². The van der Waals surface area contributed by atoms with E-state index in [2.05, 4.69) is 46.5 Å². The molecule has 0 atom stereocenters. The fourth-order valence-corrected chi connectivity index (χ4v) is 2.88. The van der Waals surface area contributed by atoms with Gasteiger partial charge in [0, 0.05) is 38.8 Å². The zero-order valence-corrected chi connectivity index (χ0v) is 14.8. The van der Waals surface area contributed by atoms with Crippen LogP contribution in [0, 0.1) is 0 Å². The maximum absolute atomic E-state index is 5.18. The van der Waals surface area contributed by atoms with Crippen LogP contribution in [0.4, 0.5) is 0 Å². The predicted octanol–water partition coefficient (Wildman–Crippen LogP) is 2.23. The van der Waals surface area contributed by atoms with E-state index in [-0.39, 0.29) is 0 Å². The number of likely N-dealkylation sites (tertiary alicyclic amines) is 1. The van der Waals surface area contributed by atoms with Crippen LogP contribution in [0.15, 0.2) is 29.3 Å². The highest BCUT2D eigenvalue weighted by Gasteiger charge is 2.21. The van der Waals surface area contributed by atoms with Crippen molar-refractivity contribution in [3.8, 4) is 5.75 Å². The molecule has 1 saturated heterocycles. The number of rotatable bonds is 5. The SMILES string of the molecule is CN=C(NCc1ccc(OC)cc1)NC1CCN(C(C)C)CC1. The molecule has 1 aromatic carbocycles. The van der Waals surface area contributed by atoms with Crippen LogP contribution in [-0.4, -0.2) is 50.2 Å². The van der Waals surface area contributed by atoms with E-state index in [4.69, 9.17) is 4.74 Å². The quantitative estimate of drug-likeness (QED) is 0.646. The molecule has 0 saturated carbocycles. The minimum atomic E-state index is 0.507. The molecule has 5 nitrogen and oxygen atoms in total. The van der Waals surface area contributed by atoms with E-state index in [9.17, 15) is 0 Å². The van der Waals surface area contributed by atoms with Gasteiger partial charge in [0.15, 0.2) is 5.96 Å². The monoisotopic (exact) mass is 318 g/mol. The number of benzene rings is 1. The number of hydrogen-bond donors (Lipinski definition) is 2. The lowest BCUT2D eigenvalue weighted by atomic mass is 10.0. The molecule has 23 heavy (non-hydrogen) atoms. The van der Waals surface area contributed by atoms with E-state index in [0.717, 1.165) is 31.3 Å². The first kappa shape index (κ1) is 17.6. The molecule has 1 aromatic rings. The first-order valence-corrected chi connectivity index (χ1v) is 8.46. The Morgan fingerprint density at radius 1 is 1.26 bits per heavy atom. The summed E-state index contributed by atoms with van der Waals surface area (Å²) in [7, 11) is 3.51. The van der Waals surface area contributed by atoms with Gasteiger partial charge in [0.25, 0.3) is 0 Å². The maximum Gasteiger partial charge on any atom is 0.191 e. The Bertz CT molecular complexity index is 490. The third-order valence-corrected chi connectivity index (χ3v) is 4.44. The summed E-state index contributed by atoms with van der Waals surface area (Å²) in [5.41, 5.74) is 1.21. The number of nitrogens with one attached hydrogen (secondary N) is 2. The van der Waals surface area contributed by atoms with Crippen molar-refractivity contribution >= 4 is 5.96 Å². The third-order valence-electron chi connectivity index (χ3n) is 4.44. The molecule has 0 amide bonds. The molecule has 1 aliphatic heterocycles. The summed E-state index contributed by atoms with van der Waals surface area (Å²) in [6.07, 6.45) is 2.34. The number of nitrogens with zero attached hydrogens (tertiary/aromatic N) is 2. The summed E-state index contributed by atoms with van der Waals surface area (Å²) in [4.78, 5) is 6.87. The molecule has 2 rings (SSSR count). The standard InChI is InChI=1S/C18H30N4O/c1-14(2)22-11-9-16(10-12-22)21-18(19-3)20-13-15-5-7-17(23-4)8-6-15/h5-8,14,16H,9-13H2,1-4H3,(H2,19,20,21). The van der Waals surface area contributed by atoms with Crippen LogP contribution in [0.1, 0.15) is 32.3 Å². The first-order valence-electron chi connectivity index (χ1n) is 8.46. The zero-order chi connectivity index (χ0) is 16.7. The van der Waals surface area contributed by atoms with Gasteiger partial charge in [-0.2, -0.15) is 0 Å². The van der Waals surface area contributed by atoms with Crippen molar-refractivity contribution in [3.63, 3.8) is 0 Å². The van der Waals surface area contributed by atoms with Crippen molar-refractivity contribution in [1.29, 1.82) is 0 Å². The largest absolute Gasteiger partial charge is 0.497 e. The number of methoxy groups -OCH3 is 1. The van der Waals surface area contributed by atoms with E-state index in [1.165, 1.54) is 18.4 Å². The van der Waals surface area contributed by atoms with Gasteiger partial charge >= 0.3 is 0 Å². The summed E-state index contributed by atoms with van der Waals surface area (Å²) in [6, 6.07) is 9.25. The molecular formula is C18H30N4O. The van der Waals surface area contributed by atoms with Crippen molar-refractivity contribution in [2.24, 2.45) is 4.99 Å². The van der Waals surface area contributed by atoms with Crippen molar-refractivity contribution < 1.29 is 4.74 Å². The van der Waals surface area contributed by atoms with E-state index < -0.39 is 0 Å². The number of aliphatic imine (C=N–C) groups is 1. The lowest BCUT2D eigenvalue weighted by Crippen LogP contribution is -2.49. The van der Waals surface area contributed by atoms with E-state index in [0.29, 0.717) is 12.1 Å². The van der Waals surface area contributed by atoms with Crippen molar-refractivity contribution in [3.05, 3.63) is 29.8 Å². The molecule has 128 valence electrons. The Morgan fingerprint density at radius 2 is 1.91 bits per heavy atom. The Hall–Kier alpha value is -1.75. The smallest absolute Gasteiger partial charge is 0.191 e. The van der Waals surface area contributed by atoms with Gasteiger partial charge in [-0.3, -0.25) is 4.99 Å². The lowest BCUT2D eigenvalue weighted by Gasteiger charge is -2.35. The average Bonchev–Trinajstić information content (AvgIpc) is 2.59. The van der Waals surface area contributed by atoms with Crippen LogP contribution < -0.4 is 15.4 Å². The second-order valence-electron chi connectivity index (χ2n) is 6.32. The maximum atomic E-state index is 5.18. The highest BCUT2D eigenvalue weighted by molar-refractivity contribution is 5.79. The molecule has 0 aliphatic carbocycles. The summed E-state index contributed by atoms with van der Waals surface area (Å²) >= 11 is 0. The third kappa shape index (κ3) is 5.43. The molecule has 2 N–H and O–H groups in total. The molecule has 1 fully saturated rings. The van der Waals surface area contributed by atoms with Crippen LogP contribution in [0.25, 0.3) is 0 Å². The van der Waals surface area contributed by atoms with E-state index in [1.807, 2.05) is 19.2 Å². The van der Waals surface area contributed by atoms with Gasteiger partial charge in [-0.15, -0.1) is 0 Å². The van der Waals surface area contributed by atoms with Crippen LogP contribution in [0.3, 0.4) is 0 Å². The highest BCUT2D eigenvalue weighted by atomic mass is 16.5. The van der Waals surface area contributed by atoms with Gasteiger partial charge in [0.05, 0.1) is 7.11 Å². The lowest BCUT2D eigenvalue weighted by molar-refractivity contribution is 0.167. The van der Waals surface area contributed by atoms with Gasteiger partial charge in [-0.05, 0) is 44.4 Å². The molecule has 0 aromatic heterocycles. The number of ether oxygens (including phenoxy) is 1. The van der Waals surface area contributed by atoms with Gasteiger partial charge in [-0.1, -0.05) is 12.1 Å².